The van der Waals surface area contributed by atoms with Gasteiger partial charge in [0, 0.05) is 24.1 Å². The predicted molar refractivity (Wildman–Crippen MR) is 108 cm³/mol. The van der Waals surface area contributed by atoms with Gasteiger partial charge in [0.05, 0.1) is 12.8 Å². The first-order chi connectivity index (χ1) is 13.9. The van der Waals surface area contributed by atoms with Gasteiger partial charge in [0.1, 0.15) is 23.1 Å². The van der Waals surface area contributed by atoms with Crippen molar-refractivity contribution in [3.05, 3.63) is 51.5 Å². The first kappa shape index (κ1) is 20.6. The van der Waals surface area contributed by atoms with Gasteiger partial charge in [-0.2, -0.15) is 5.10 Å². The van der Waals surface area contributed by atoms with Crippen molar-refractivity contribution in [1.29, 1.82) is 0 Å². The maximum Gasteiger partial charge on any atom is 0.267 e. The number of nitrogens with zero attached hydrogens (tertiary/aromatic N) is 4. The van der Waals surface area contributed by atoms with E-state index in [4.69, 9.17) is 4.74 Å². The van der Waals surface area contributed by atoms with E-state index in [1.54, 1.807) is 0 Å². The van der Waals surface area contributed by atoms with Gasteiger partial charge in [0.2, 0.25) is 11.0 Å². The van der Waals surface area contributed by atoms with Gasteiger partial charge in [-0.1, -0.05) is 25.2 Å². The lowest BCUT2D eigenvalue weighted by molar-refractivity contribution is -0.117. The molecule has 0 saturated heterocycles. The SMILES string of the molecule is COc1cc(F)ccc1-c1ccc(=O)n(CC(=O)Nc2nnc(CC(C)C)s2)n1. The summed E-state index contributed by atoms with van der Waals surface area (Å²) in [5.41, 5.74) is 0.442. The third kappa shape index (κ3) is 5.23. The fraction of sp³-hybridized carbons (Fsp3) is 0.316. The molecule has 3 rings (SSSR count). The molecule has 0 radical (unpaired) electrons. The van der Waals surface area contributed by atoms with E-state index in [-0.39, 0.29) is 12.3 Å². The summed E-state index contributed by atoms with van der Waals surface area (Å²) in [5.74, 6) is -0.193. The molecule has 0 aliphatic heterocycles. The molecule has 0 unspecified atom stereocenters. The number of methoxy groups -OCH3 is 1. The van der Waals surface area contributed by atoms with Crippen LogP contribution in [0.3, 0.4) is 0 Å². The second-order valence-electron chi connectivity index (χ2n) is 6.71. The Labute approximate surface area is 170 Å². The molecule has 8 nitrogen and oxygen atoms in total. The summed E-state index contributed by atoms with van der Waals surface area (Å²) in [6, 6.07) is 6.79. The van der Waals surface area contributed by atoms with Gasteiger partial charge in [-0.05, 0) is 24.1 Å². The zero-order valence-electron chi connectivity index (χ0n) is 16.2. The van der Waals surface area contributed by atoms with Crippen LogP contribution in [0.5, 0.6) is 5.75 Å². The van der Waals surface area contributed by atoms with Gasteiger partial charge >= 0.3 is 0 Å². The average molecular weight is 417 g/mol. The predicted octanol–water partition coefficient (Wildman–Crippen LogP) is 2.75. The Balaban J connectivity index is 1.77. The Morgan fingerprint density at radius 1 is 1.28 bits per heavy atom. The molecule has 3 aromatic rings. The van der Waals surface area contributed by atoms with Crippen LogP contribution in [0.1, 0.15) is 18.9 Å². The highest BCUT2D eigenvalue weighted by atomic mass is 32.1. The Hall–Kier alpha value is -3.14. The molecular formula is C19H20FN5O3S. The van der Waals surface area contributed by atoms with E-state index in [1.807, 2.05) is 0 Å². The van der Waals surface area contributed by atoms with Crippen LogP contribution >= 0.6 is 11.3 Å². The van der Waals surface area contributed by atoms with E-state index >= 15 is 0 Å². The van der Waals surface area contributed by atoms with Gasteiger partial charge in [-0.15, -0.1) is 10.2 Å². The summed E-state index contributed by atoms with van der Waals surface area (Å²) < 4.78 is 19.6. The molecule has 0 fully saturated rings. The number of carbonyl (C=O) groups excluding carboxylic acids is 1. The minimum absolute atomic E-state index is 0.277. The molecule has 2 aromatic heterocycles. The highest BCUT2D eigenvalue weighted by molar-refractivity contribution is 7.15. The number of anilines is 1. The monoisotopic (exact) mass is 417 g/mol. The number of aromatic nitrogens is 4. The minimum Gasteiger partial charge on any atom is -0.496 e. The van der Waals surface area contributed by atoms with Crippen LogP contribution < -0.4 is 15.6 Å². The number of ether oxygens (including phenoxy) is 1. The molecule has 0 saturated carbocycles. The van der Waals surface area contributed by atoms with Crippen LogP contribution in [0.25, 0.3) is 11.3 Å². The number of nitrogens with one attached hydrogen (secondary N) is 1. The largest absolute Gasteiger partial charge is 0.496 e. The minimum atomic E-state index is -0.452. The summed E-state index contributed by atoms with van der Waals surface area (Å²) in [5, 5.41) is 16.0. The Kier molecular flexibility index (Phi) is 6.32. The lowest BCUT2D eigenvalue weighted by Crippen LogP contribution is -2.29. The molecule has 0 aliphatic rings. The lowest BCUT2D eigenvalue weighted by atomic mass is 10.1. The third-order valence-corrected chi connectivity index (χ3v) is 4.76. The van der Waals surface area contributed by atoms with Crippen LogP contribution in [-0.2, 0) is 17.8 Å². The Bertz CT molecular complexity index is 1080. The van der Waals surface area contributed by atoms with Crippen LogP contribution in [0.4, 0.5) is 9.52 Å². The number of halogens is 1. The van der Waals surface area contributed by atoms with E-state index in [0.717, 1.165) is 16.1 Å². The molecule has 152 valence electrons. The molecular weight excluding hydrogens is 397 g/mol. The lowest BCUT2D eigenvalue weighted by Gasteiger charge is -2.10. The molecule has 29 heavy (non-hydrogen) atoms. The van der Waals surface area contributed by atoms with E-state index < -0.39 is 17.3 Å². The second-order valence-corrected chi connectivity index (χ2v) is 7.77. The van der Waals surface area contributed by atoms with Crippen molar-refractivity contribution < 1.29 is 13.9 Å². The first-order valence-electron chi connectivity index (χ1n) is 8.90. The fourth-order valence-electron chi connectivity index (χ4n) is 2.61. The highest BCUT2D eigenvalue weighted by Crippen LogP contribution is 2.28. The van der Waals surface area contributed by atoms with Crippen LogP contribution in [0.15, 0.2) is 35.1 Å². The maximum atomic E-state index is 13.4. The molecule has 0 atom stereocenters. The van der Waals surface area contributed by atoms with Crippen molar-refractivity contribution in [2.45, 2.75) is 26.8 Å². The summed E-state index contributed by atoms with van der Waals surface area (Å²) in [6.45, 7) is 3.84. The van der Waals surface area contributed by atoms with E-state index in [1.165, 1.54) is 48.8 Å². The number of benzene rings is 1. The highest BCUT2D eigenvalue weighted by Gasteiger charge is 2.14. The molecule has 1 N–H and O–H groups in total. The molecule has 0 spiro atoms. The van der Waals surface area contributed by atoms with Crippen LogP contribution in [-0.4, -0.2) is 33.0 Å². The van der Waals surface area contributed by atoms with Crippen molar-refractivity contribution in [3.63, 3.8) is 0 Å². The molecule has 1 amide bonds. The summed E-state index contributed by atoms with van der Waals surface area (Å²) in [6.07, 6.45) is 0.774. The van der Waals surface area contributed by atoms with E-state index in [0.29, 0.717) is 22.3 Å². The Morgan fingerprint density at radius 3 is 2.79 bits per heavy atom. The molecule has 10 heteroatoms. The van der Waals surface area contributed by atoms with E-state index in [2.05, 4.69) is 34.5 Å². The van der Waals surface area contributed by atoms with Crippen molar-refractivity contribution in [1.82, 2.24) is 20.0 Å². The maximum absolute atomic E-state index is 13.4. The Morgan fingerprint density at radius 2 is 2.07 bits per heavy atom. The number of carbonyl (C=O) groups is 1. The van der Waals surface area contributed by atoms with Crippen LogP contribution in [0.2, 0.25) is 0 Å². The van der Waals surface area contributed by atoms with E-state index in [9.17, 15) is 14.0 Å². The van der Waals surface area contributed by atoms with Crippen molar-refractivity contribution in [2.24, 2.45) is 5.92 Å². The summed E-state index contributed by atoms with van der Waals surface area (Å²) in [4.78, 5) is 24.5. The standard InChI is InChI=1S/C19H20FN5O3S/c1-11(2)8-17-22-23-19(29-17)21-16(26)10-25-18(27)7-6-14(24-25)13-5-4-12(20)9-15(13)28-3/h4-7,9,11H,8,10H2,1-3H3,(H,21,23,26). The van der Waals surface area contributed by atoms with Crippen molar-refractivity contribution >= 4 is 22.4 Å². The van der Waals surface area contributed by atoms with Crippen molar-refractivity contribution in [2.75, 3.05) is 12.4 Å². The summed E-state index contributed by atoms with van der Waals surface area (Å²) in [7, 11) is 1.41. The molecule has 2 heterocycles. The third-order valence-electron chi connectivity index (χ3n) is 3.90. The van der Waals surface area contributed by atoms with Gasteiger partial charge < -0.3 is 4.74 Å². The van der Waals surface area contributed by atoms with Gasteiger partial charge in [0.25, 0.3) is 5.56 Å². The first-order valence-corrected chi connectivity index (χ1v) is 9.71. The fourth-order valence-corrected chi connectivity index (χ4v) is 3.58. The van der Waals surface area contributed by atoms with Gasteiger partial charge in [-0.3, -0.25) is 14.9 Å². The topological polar surface area (TPSA) is 99.0 Å². The van der Waals surface area contributed by atoms with Crippen molar-refractivity contribution in [3.8, 4) is 17.0 Å². The molecule has 1 aromatic carbocycles. The average Bonchev–Trinajstić information content (AvgIpc) is 3.09. The zero-order valence-corrected chi connectivity index (χ0v) is 17.0. The zero-order chi connectivity index (χ0) is 21.0. The number of amides is 1. The van der Waals surface area contributed by atoms with Crippen LogP contribution in [0, 0.1) is 11.7 Å². The molecule has 0 bridgehead atoms. The quantitative estimate of drug-likeness (QED) is 0.635. The summed E-state index contributed by atoms with van der Waals surface area (Å²) >= 11 is 1.30. The van der Waals surface area contributed by atoms with Gasteiger partial charge in [0.15, 0.2) is 0 Å². The number of hydrogen-bond acceptors (Lipinski definition) is 7. The normalized spacial score (nSPS) is 10.9. The number of rotatable bonds is 7. The van der Waals surface area contributed by atoms with Gasteiger partial charge in [-0.25, -0.2) is 9.07 Å². The second kappa shape index (κ2) is 8.91. The number of hydrogen-bond donors (Lipinski definition) is 1. The molecule has 0 aliphatic carbocycles. The smallest absolute Gasteiger partial charge is 0.267 e.